The molecule has 96 valence electrons. The standard InChI is InChI=1S/C12H13ClN2O3/c1-6-8(13)4-7(9-5-10(14)18-15-9)12(17-3)11(6)16-2/h4-5H,14H2,1-3H3. The van der Waals surface area contributed by atoms with E-state index in [4.69, 9.17) is 31.3 Å². The molecule has 0 aliphatic rings. The fourth-order valence-corrected chi connectivity index (χ4v) is 1.95. The van der Waals surface area contributed by atoms with Gasteiger partial charge in [0.1, 0.15) is 5.69 Å². The van der Waals surface area contributed by atoms with Gasteiger partial charge in [-0.15, -0.1) is 0 Å². The van der Waals surface area contributed by atoms with E-state index < -0.39 is 0 Å². The third-order valence-corrected chi connectivity index (χ3v) is 3.03. The van der Waals surface area contributed by atoms with Crippen LogP contribution < -0.4 is 15.2 Å². The second-order valence-corrected chi connectivity index (χ2v) is 4.12. The maximum Gasteiger partial charge on any atom is 0.222 e. The van der Waals surface area contributed by atoms with Crippen LogP contribution in [0.25, 0.3) is 11.3 Å². The average Bonchev–Trinajstić information content (AvgIpc) is 2.78. The van der Waals surface area contributed by atoms with E-state index in [0.29, 0.717) is 27.8 Å². The Morgan fingerprint density at radius 1 is 1.22 bits per heavy atom. The number of hydrogen-bond acceptors (Lipinski definition) is 5. The highest BCUT2D eigenvalue weighted by Crippen LogP contribution is 2.43. The molecule has 0 radical (unpaired) electrons. The van der Waals surface area contributed by atoms with Crippen molar-refractivity contribution < 1.29 is 14.0 Å². The third kappa shape index (κ3) is 1.97. The van der Waals surface area contributed by atoms with Gasteiger partial charge >= 0.3 is 0 Å². The zero-order valence-corrected chi connectivity index (χ0v) is 11.0. The molecule has 0 unspecified atom stereocenters. The van der Waals surface area contributed by atoms with Gasteiger partial charge < -0.3 is 19.7 Å². The van der Waals surface area contributed by atoms with E-state index in [1.54, 1.807) is 26.4 Å². The fraction of sp³-hybridized carbons (Fsp3) is 0.250. The summed E-state index contributed by atoms with van der Waals surface area (Å²) in [6, 6.07) is 3.35. The highest BCUT2D eigenvalue weighted by molar-refractivity contribution is 6.32. The number of nitrogens with zero attached hydrogens (tertiary/aromatic N) is 1. The van der Waals surface area contributed by atoms with Crippen LogP contribution in [-0.2, 0) is 0 Å². The molecule has 5 nitrogen and oxygen atoms in total. The van der Waals surface area contributed by atoms with Crippen LogP contribution in [0.1, 0.15) is 5.56 Å². The summed E-state index contributed by atoms with van der Waals surface area (Å²) in [6.07, 6.45) is 0. The number of nitrogens with two attached hydrogens (primary N) is 1. The van der Waals surface area contributed by atoms with Crippen molar-refractivity contribution in [1.29, 1.82) is 0 Å². The number of halogens is 1. The van der Waals surface area contributed by atoms with Crippen LogP contribution in [0.2, 0.25) is 5.02 Å². The first-order valence-corrected chi connectivity index (χ1v) is 5.60. The molecule has 0 saturated heterocycles. The number of methoxy groups -OCH3 is 2. The molecule has 2 aromatic rings. The van der Waals surface area contributed by atoms with Gasteiger partial charge in [0.2, 0.25) is 5.88 Å². The lowest BCUT2D eigenvalue weighted by atomic mass is 10.1. The molecule has 0 fully saturated rings. The maximum absolute atomic E-state index is 6.16. The van der Waals surface area contributed by atoms with E-state index in [0.717, 1.165) is 5.56 Å². The Hall–Kier alpha value is -1.88. The minimum atomic E-state index is 0.225. The summed E-state index contributed by atoms with van der Waals surface area (Å²) < 4.78 is 15.5. The number of hydrogen-bond donors (Lipinski definition) is 1. The molecular weight excluding hydrogens is 256 g/mol. The normalized spacial score (nSPS) is 10.4. The van der Waals surface area contributed by atoms with Crippen molar-refractivity contribution >= 4 is 17.5 Å². The number of benzene rings is 1. The van der Waals surface area contributed by atoms with Crippen molar-refractivity contribution in [2.24, 2.45) is 0 Å². The van der Waals surface area contributed by atoms with Gasteiger partial charge in [-0.25, -0.2) is 0 Å². The van der Waals surface area contributed by atoms with Gasteiger partial charge in [-0.05, 0) is 13.0 Å². The zero-order valence-electron chi connectivity index (χ0n) is 10.3. The molecule has 1 heterocycles. The Labute approximate surface area is 109 Å². The smallest absolute Gasteiger partial charge is 0.222 e. The lowest BCUT2D eigenvalue weighted by molar-refractivity contribution is 0.353. The van der Waals surface area contributed by atoms with Gasteiger partial charge in [0.25, 0.3) is 0 Å². The number of anilines is 1. The van der Waals surface area contributed by atoms with Crippen LogP contribution in [0.15, 0.2) is 16.7 Å². The van der Waals surface area contributed by atoms with Crippen molar-refractivity contribution in [2.75, 3.05) is 20.0 Å². The largest absolute Gasteiger partial charge is 0.493 e. The van der Waals surface area contributed by atoms with Gasteiger partial charge in [-0.2, -0.15) is 0 Å². The summed E-state index contributed by atoms with van der Waals surface area (Å²) in [4.78, 5) is 0. The van der Waals surface area contributed by atoms with E-state index in [2.05, 4.69) is 5.16 Å². The van der Waals surface area contributed by atoms with Crippen LogP contribution in [0.4, 0.5) is 5.88 Å². The fourth-order valence-electron chi connectivity index (χ4n) is 1.76. The molecule has 2 N–H and O–H groups in total. The second-order valence-electron chi connectivity index (χ2n) is 3.71. The summed E-state index contributed by atoms with van der Waals surface area (Å²) >= 11 is 6.16. The molecule has 0 aliphatic heterocycles. The second kappa shape index (κ2) is 4.78. The molecule has 0 spiro atoms. The van der Waals surface area contributed by atoms with E-state index in [9.17, 15) is 0 Å². The molecule has 0 atom stereocenters. The summed E-state index contributed by atoms with van der Waals surface area (Å²) in [5, 5.41) is 4.41. The van der Waals surface area contributed by atoms with Crippen LogP contribution in [-0.4, -0.2) is 19.4 Å². The number of rotatable bonds is 3. The first kappa shape index (κ1) is 12.6. The van der Waals surface area contributed by atoms with Crippen molar-refractivity contribution in [2.45, 2.75) is 6.92 Å². The van der Waals surface area contributed by atoms with Crippen LogP contribution in [0.5, 0.6) is 11.5 Å². The Bertz CT molecular complexity index is 581. The monoisotopic (exact) mass is 268 g/mol. The molecule has 1 aromatic carbocycles. The van der Waals surface area contributed by atoms with Gasteiger partial charge in [0.15, 0.2) is 11.5 Å². The molecule has 6 heteroatoms. The minimum Gasteiger partial charge on any atom is -0.493 e. The van der Waals surface area contributed by atoms with Crippen molar-refractivity contribution in [1.82, 2.24) is 5.16 Å². The molecule has 0 aliphatic carbocycles. The van der Waals surface area contributed by atoms with Crippen molar-refractivity contribution in [3.05, 3.63) is 22.7 Å². The highest BCUT2D eigenvalue weighted by atomic mass is 35.5. The first-order chi connectivity index (χ1) is 8.58. The molecule has 0 bridgehead atoms. The van der Waals surface area contributed by atoms with Crippen LogP contribution >= 0.6 is 11.6 Å². The summed E-state index contributed by atoms with van der Waals surface area (Å²) in [5.74, 6) is 1.34. The number of nitrogen functional groups attached to an aromatic ring is 1. The molecule has 18 heavy (non-hydrogen) atoms. The Morgan fingerprint density at radius 3 is 2.39 bits per heavy atom. The number of aromatic nitrogens is 1. The topological polar surface area (TPSA) is 70.5 Å². The molecule has 0 amide bonds. The van der Waals surface area contributed by atoms with Crippen molar-refractivity contribution in [3.63, 3.8) is 0 Å². The first-order valence-electron chi connectivity index (χ1n) is 5.22. The predicted octanol–water partition coefficient (Wildman–Crippen LogP) is 2.90. The molecular formula is C12H13ClN2O3. The molecule has 1 aromatic heterocycles. The highest BCUT2D eigenvalue weighted by Gasteiger charge is 2.19. The predicted molar refractivity (Wildman–Crippen MR) is 69.2 cm³/mol. The lowest BCUT2D eigenvalue weighted by Gasteiger charge is -2.14. The van der Waals surface area contributed by atoms with E-state index in [1.807, 2.05) is 6.92 Å². The van der Waals surface area contributed by atoms with Gasteiger partial charge in [-0.1, -0.05) is 16.8 Å². The van der Waals surface area contributed by atoms with Gasteiger partial charge in [0, 0.05) is 16.7 Å². The minimum absolute atomic E-state index is 0.225. The molecule has 2 rings (SSSR count). The Balaban J connectivity index is 2.70. The van der Waals surface area contributed by atoms with Gasteiger partial charge in [0.05, 0.1) is 19.8 Å². The van der Waals surface area contributed by atoms with E-state index in [1.165, 1.54) is 0 Å². The summed E-state index contributed by atoms with van der Waals surface area (Å²) in [5.41, 5.74) is 7.53. The lowest BCUT2D eigenvalue weighted by Crippen LogP contribution is -1.96. The van der Waals surface area contributed by atoms with Gasteiger partial charge in [-0.3, -0.25) is 0 Å². The quantitative estimate of drug-likeness (QED) is 0.927. The van der Waals surface area contributed by atoms with Crippen LogP contribution in [0.3, 0.4) is 0 Å². The number of ether oxygens (including phenoxy) is 2. The summed E-state index contributed by atoms with van der Waals surface area (Å²) in [6.45, 7) is 1.85. The Morgan fingerprint density at radius 2 is 1.89 bits per heavy atom. The van der Waals surface area contributed by atoms with E-state index in [-0.39, 0.29) is 5.88 Å². The zero-order chi connectivity index (χ0) is 13.3. The average molecular weight is 269 g/mol. The maximum atomic E-state index is 6.16. The summed E-state index contributed by atoms with van der Waals surface area (Å²) in [7, 11) is 3.11. The van der Waals surface area contributed by atoms with Crippen molar-refractivity contribution in [3.8, 4) is 22.8 Å². The third-order valence-electron chi connectivity index (χ3n) is 2.63. The molecule has 0 saturated carbocycles. The van der Waals surface area contributed by atoms with Crippen LogP contribution in [0, 0.1) is 6.92 Å². The van der Waals surface area contributed by atoms with E-state index >= 15 is 0 Å². The SMILES string of the molecule is COc1c(-c2cc(N)on2)cc(Cl)c(C)c1OC. The Kier molecular flexibility index (Phi) is 3.34.